The summed E-state index contributed by atoms with van der Waals surface area (Å²) in [6.45, 7) is 4.68. The zero-order valence-electron chi connectivity index (χ0n) is 5.57. The first kappa shape index (κ1) is 4.60. The summed E-state index contributed by atoms with van der Waals surface area (Å²) in [5.74, 6) is 1.90. The minimum absolute atomic E-state index is 0.951. The molecule has 0 nitrogen and oxygen atoms in total. The number of hydrogen-bond acceptors (Lipinski definition) is 0. The molecule has 2 unspecified atom stereocenters. The van der Waals surface area contributed by atoms with Gasteiger partial charge in [-0.25, -0.2) is 0 Å². The first-order valence-electron chi connectivity index (χ1n) is 3.52. The second-order valence-corrected chi connectivity index (χ2v) is 3.14. The van der Waals surface area contributed by atoms with Gasteiger partial charge in [0.25, 0.3) is 0 Å². The summed E-state index contributed by atoms with van der Waals surface area (Å²) in [5.41, 5.74) is 3.58. The van der Waals surface area contributed by atoms with Crippen molar-refractivity contribution in [3.05, 3.63) is 11.1 Å². The number of hydrogen-bond donors (Lipinski definition) is 0. The van der Waals surface area contributed by atoms with E-state index in [2.05, 4.69) is 13.8 Å². The van der Waals surface area contributed by atoms with Gasteiger partial charge in [0.15, 0.2) is 0 Å². The van der Waals surface area contributed by atoms with Crippen LogP contribution in [-0.2, 0) is 0 Å². The molecular formula is C8H12. The molecule has 8 heavy (non-hydrogen) atoms. The topological polar surface area (TPSA) is 0 Å². The number of allylic oxidation sites excluding steroid dienone is 2. The van der Waals surface area contributed by atoms with E-state index in [0.29, 0.717) is 0 Å². The van der Waals surface area contributed by atoms with Crippen molar-refractivity contribution >= 4 is 0 Å². The molecule has 0 aromatic carbocycles. The predicted molar refractivity (Wildman–Crippen MR) is 34.6 cm³/mol. The molecule has 0 N–H and O–H groups in total. The Balaban J connectivity index is 2.22. The molecule has 2 rings (SSSR count). The summed E-state index contributed by atoms with van der Waals surface area (Å²) in [4.78, 5) is 0. The molecule has 0 aliphatic heterocycles. The standard InChI is InChI=1S/C8H12/c1-5-6(2)8(5)7-3-4-7/h5-6H,3-4H2,1-2H3. The Bertz CT molecular complexity index is 137. The third-order valence-electron chi connectivity index (χ3n) is 2.53. The fourth-order valence-electron chi connectivity index (χ4n) is 1.56. The SMILES string of the molecule is CC1C(=C2CC2)C1C. The van der Waals surface area contributed by atoms with E-state index in [1.54, 1.807) is 11.1 Å². The van der Waals surface area contributed by atoms with Gasteiger partial charge < -0.3 is 0 Å². The van der Waals surface area contributed by atoms with Crippen LogP contribution in [0.4, 0.5) is 0 Å². The maximum Gasteiger partial charge on any atom is -0.0163 e. The summed E-state index contributed by atoms with van der Waals surface area (Å²) in [6, 6.07) is 0. The molecule has 2 fully saturated rings. The Morgan fingerprint density at radius 2 is 1.62 bits per heavy atom. The zero-order valence-corrected chi connectivity index (χ0v) is 5.57. The Morgan fingerprint density at radius 3 is 1.75 bits per heavy atom. The van der Waals surface area contributed by atoms with Gasteiger partial charge in [-0.3, -0.25) is 0 Å². The van der Waals surface area contributed by atoms with Crippen LogP contribution >= 0.6 is 0 Å². The number of rotatable bonds is 0. The third-order valence-corrected chi connectivity index (χ3v) is 2.53. The van der Waals surface area contributed by atoms with E-state index in [1.165, 1.54) is 12.8 Å². The second kappa shape index (κ2) is 1.18. The van der Waals surface area contributed by atoms with E-state index >= 15 is 0 Å². The molecular weight excluding hydrogens is 96.1 g/mol. The van der Waals surface area contributed by atoms with Gasteiger partial charge in [0.1, 0.15) is 0 Å². The van der Waals surface area contributed by atoms with Crippen LogP contribution in [0, 0.1) is 11.8 Å². The minimum atomic E-state index is 0.951. The Hall–Kier alpha value is -0.260. The highest BCUT2D eigenvalue weighted by molar-refractivity contribution is 5.39. The van der Waals surface area contributed by atoms with Gasteiger partial charge in [-0.15, -0.1) is 0 Å². The van der Waals surface area contributed by atoms with Crippen LogP contribution in [0.15, 0.2) is 11.1 Å². The van der Waals surface area contributed by atoms with Crippen molar-refractivity contribution in [2.24, 2.45) is 11.8 Å². The molecule has 0 saturated heterocycles. The van der Waals surface area contributed by atoms with E-state index in [4.69, 9.17) is 0 Å². The molecule has 0 heterocycles. The van der Waals surface area contributed by atoms with Crippen molar-refractivity contribution in [1.29, 1.82) is 0 Å². The van der Waals surface area contributed by atoms with E-state index in [9.17, 15) is 0 Å². The third kappa shape index (κ3) is 0.460. The maximum atomic E-state index is 2.34. The molecule has 0 radical (unpaired) electrons. The van der Waals surface area contributed by atoms with Gasteiger partial charge in [-0.1, -0.05) is 25.0 Å². The molecule has 2 atom stereocenters. The normalized spacial score (nSPS) is 42.8. The van der Waals surface area contributed by atoms with Crippen LogP contribution in [0.5, 0.6) is 0 Å². The quantitative estimate of drug-likeness (QED) is 0.418. The lowest BCUT2D eigenvalue weighted by atomic mass is 10.4. The van der Waals surface area contributed by atoms with Gasteiger partial charge in [-0.05, 0) is 24.7 Å². The lowest BCUT2D eigenvalue weighted by Gasteiger charge is -1.66. The fourth-order valence-corrected chi connectivity index (χ4v) is 1.56. The second-order valence-electron chi connectivity index (χ2n) is 3.14. The Labute approximate surface area is 50.6 Å². The highest BCUT2D eigenvalue weighted by Gasteiger charge is 2.40. The summed E-state index contributed by atoms with van der Waals surface area (Å²) < 4.78 is 0. The summed E-state index contributed by atoms with van der Waals surface area (Å²) in [7, 11) is 0. The molecule has 44 valence electrons. The van der Waals surface area contributed by atoms with Crippen molar-refractivity contribution in [1.82, 2.24) is 0 Å². The summed E-state index contributed by atoms with van der Waals surface area (Å²) in [5, 5.41) is 0. The highest BCUT2D eigenvalue weighted by Crippen LogP contribution is 2.52. The van der Waals surface area contributed by atoms with Crippen LogP contribution in [0.25, 0.3) is 0 Å². The first-order chi connectivity index (χ1) is 3.80. The first-order valence-corrected chi connectivity index (χ1v) is 3.52. The minimum Gasteiger partial charge on any atom is -0.0698 e. The predicted octanol–water partition coefficient (Wildman–Crippen LogP) is 2.36. The molecule has 0 bridgehead atoms. The van der Waals surface area contributed by atoms with E-state index in [0.717, 1.165) is 11.8 Å². The molecule has 2 saturated carbocycles. The largest absolute Gasteiger partial charge is 0.0698 e. The van der Waals surface area contributed by atoms with Crippen molar-refractivity contribution in [3.63, 3.8) is 0 Å². The Morgan fingerprint density at radius 1 is 1.12 bits per heavy atom. The summed E-state index contributed by atoms with van der Waals surface area (Å²) in [6.07, 6.45) is 2.84. The average Bonchev–Trinajstić information content (AvgIpc) is 2.52. The zero-order chi connectivity index (χ0) is 5.72. The van der Waals surface area contributed by atoms with Gasteiger partial charge in [0.2, 0.25) is 0 Å². The molecule has 0 aromatic heterocycles. The van der Waals surface area contributed by atoms with Gasteiger partial charge >= 0.3 is 0 Å². The van der Waals surface area contributed by atoms with E-state index in [-0.39, 0.29) is 0 Å². The van der Waals surface area contributed by atoms with Crippen LogP contribution in [0.3, 0.4) is 0 Å². The van der Waals surface area contributed by atoms with Crippen LogP contribution in [-0.4, -0.2) is 0 Å². The van der Waals surface area contributed by atoms with Crippen molar-refractivity contribution in [2.45, 2.75) is 26.7 Å². The van der Waals surface area contributed by atoms with Crippen molar-refractivity contribution in [2.75, 3.05) is 0 Å². The van der Waals surface area contributed by atoms with Gasteiger partial charge in [0.05, 0.1) is 0 Å². The smallest absolute Gasteiger partial charge is 0.0163 e. The van der Waals surface area contributed by atoms with E-state index < -0.39 is 0 Å². The summed E-state index contributed by atoms with van der Waals surface area (Å²) >= 11 is 0. The average molecular weight is 108 g/mol. The molecule has 2 aliphatic rings. The molecule has 0 heteroatoms. The molecule has 0 aromatic rings. The van der Waals surface area contributed by atoms with Crippen molar-refractivity contribution < 1.29 is 0 Å². The molecule has 2 aliphatic carbocycles. The van der Waals surface area contributed by atoms with Crippen LogP contribution in [0.2, 0.25) is 0 Å². The van der Waals surface area contributed by atoms with Crippen LogP contribution < -0.4 is 0 Å². The van der Waals surface area contributed by atoms with E-state index in [1.807, 2.05) is 0 Å². The molecule has 0 spiro atoms. The lowest BCUT2D eigenvalue weighted by molar-refractivity contribution is 0.834. The Kier molecular flexibility index (Phi) is 0.677. The lowest BCUT2D eigenvalue weighted by Crippen LogP contribution is -1.58. The monoisotopic (exact) mass is 108 g/mol. The van der Waals surface area contributed by atoms with Crippen molar-refractivity contribution in [3.8, 4) is 0 Å². The molecule has 0 amide bonds. The van der Waals surface area contributed by atoms with Gasteiger partial charge in [0, 0.05) is 0 Å². The van der Waals surface area contributed by atoms with Gasteiger partial charge in [-0.2, -0.15) is 0 Å². The van der Waals surface area contributed by atoms with Crippen LogP contribution in [0.1, 0.15) is 26.7 Å². The maximum absolute atomic E-state index is 2.34. The highest BCUT2D eigenvalue weighted by atomic mass is 14.4. The fraction of sp³-hybridized carbons (Fsp3) is 0.750.